The Morgan fingerprint density at radius 3 is 2.37 bits per heavy atom. The molecule has 0 amide bonds. The predicted molar refractivity (Wildman–Crippen MR) is 98.9 cm³/mol. The van der Waals surface area contributed by atoms with E-state index in [1.165, 1.54) is 6.07 Å². The summed E-state index contributed by atoms with van der Waals surface area (Å²) >= 11 is 0. The van der Waals surface area contributed by atoms with Crippen molar-refractivity contribution in [2.75, 3.05) is 12.4 Å². The lowest BCUT2D eigenvalue weighted by Crippen LogP contribution is -2.27. The first-order valence-corrected chi connectivity index (χ1v) is 9.09. The van der Waals surface area contributed by atoms with Crippen molar-refractivity contribution in [3.63, 3.8) is 0 Å². The molecule has 0 spiro atoms. The fourth-order valence-electron chi connectivity index (χ4n) is 3.02. The number of carbonyl (C=O) groups is 4. The molecule has 146 valence electrons. The number of Topliss-reactive ketones (excluding diaryl/α,β-unsaturated/α-hetero) is 3. The van der Waals surface area contributed by atoms with Crippen LogP contribution in [-0.2, 0) is 25.5 Å². The lowest BCUT2D eigenvalue weighted by atomic mass is 9.94. The molecule has 27 heavy (non-hydrogen) atoms. The van der Waals surface area contributed by atoms with Crippen molar-refractivity contribution in [3.05, 3.63) is 23.3 Å². The van der Waals surface area contributed by atoms with E-state index in [0.717, 1.165) is 0 Å². The van der Waals surface area contributed by atoms with Crippen LogP contribution in [0.25, 0.3) is 0 Å². The van der Waals surface area contributed by atoms with Crippen LogP contribution in [0, 0.1) is 5.92 Å². The second kappa shape index (κ2) is 8.79. The van der Waals surface area contributed by atoms with Crippen LogP contribution in [0.4, 0.5) is 5.69 Å². The molecule has 1 heterocycles. The number of rotatable bonds is 1. The molecule has 2 rings (SSSR count). The van der Waals surface area contributed by atoms with E-state index >= 15 is 0 Å². The van der Waals surface area contributed by atoms with Gasteiger partial charge >= 0.3 is 5.97 Å². The predicted octanol–water partition coefficient (Wildman–Crippen LogP) is 2.44. The number of aromatic hydroxyl groups is 1. The number of cyclic esters (lactones) is 1. The average Bonchev–Trinajstić information content (AvgIpc) is 2.63. The monoisotopic (exact) mass is 375 g/mol. The van der Waals surface area contributed by atoms with Crippen LogP contribution >= 0.6 is 0 Å². The summed E-state index contributed by atoms with van der Waals surface area (Å²) in [7, 11) is 1.68. The molecule has 0 aliphatic carbocycles. The van der Waals surface area contributed by atoms with Gasteiger partial charge in [-0.25, -0.2) is 4.79 Å². The number of phenolic OH excluding ortho intramolecular Hbond substituents is 1. The number of fused-ring (bicyclic) bond motifs is 1. The minimum atomic E-state index is -0.962. The molecule has 0 bridgehead atoms. The second-order valence-electron chi connectivity index (χ2n) is 6.93. The minimum absolute atomic E-state index is 0.0546. The Balaban J connectivity index is 2.39. The summed E-state index contributed by atoms with van der Waals surface area (Å²) in [5, 5.41) is 13.2. The molecule has 1 aliphatic rings. The molecule has 0 unspecified atom stereocenters. The van der Waals surface area contributed by atoms with E-state index in [-0.39, 0.29) is 42.9 Å². The van der Waals surface area contributed by atoms with Gasteiger partial charge in [0.15, 0.2) is 0 Å². The number of hydrogen-bond acceptors (Lipinski definition) is 7. The number of nitrogens with one attached hydrogen (secondary N) is 1. The average molecular weight is 375 g/mol. The van der Waals surface area contributed by atoms with Crippen molar-refractivity contribution in [1.29, 1.82) is 0 Å². The highest BCUT2D eigenvalue weighted by molar-refractivity contribution is 6.63. The van der Waals surface area contributed by atoms with Crippen molar-refractivity contribution in [2.45, 2.75) is 52.1 Å². The van der Waals surface area contributed by atoms with Gasteiger partial charge < -0.3 is 15.2 Å². The van der Waals surface area contributed by atoms with E-state index in [1.54, 1.807) is 27.0 Å². The van der Waals surface area contributed by atoms with Crippen LogP contribution in [0.5, 0.6) is 5.75 Å². The number of aryl methyl sites for hydroxylation is 1. The molecule has 0 saturated heterocycles. The standard InChI is InChI=1S/C20H25NO6/c1-11-7-8-16(23)19(25)15(22)6-4-5-13-9-14(21-3)10-17(24)18(13)20(26)27-12(11)2/h9-12,21,24H,4-8H2,1-3H3/t11-,12+/m1/s1. The summed E-state index contributed by atoms with van der Waals surface area (Å²) in [6, 6.07) is 3.14. The van der Waals surface area contributed by atoms with Gasteiger partial charge in [-0.1, -0.05) is 6.92 Å². The summed E-state index contributed by atoms with van der Waals surface area (Å²) in [5.74, 6) is -3.41. The lowest BCUT2D eigenvalue weighted by Gasteiger charge is -2.22. The maximum Gasteiger partial charge on any atom is 0.342 e. The molecule has 2 N–H and O–H groups in total. The fourth-order valence-corrected chi connectivity index (χ4v) is 3.02. The molecule has 1 aromatic rings. The molecule has 2 atom stereocenters. The first-order chi connectivity index (χ1) is 12.7. The molecule has 0 saturated carbocycles. The van der Waals surface area contributed by atoms with Crippen molar-refractivity contribution in [3.8, 4) is 5.75 Å². The second-order valence-corrected chi connectivity index (χ2v) is 6.93. The molecule has 0 aromatic heterocycles. The van der Waals surface area contributed by atoms with Crippen LogP contribution in [0.1, 0.15) is 55.5 Å². The summed E-state index contributed by atoms with van der Waals surface area (Å²) < 4.78 is 5.49. The first kappa shape index (κ1) is 20.6. The third-order valence-corrected chi connectivity index (χ3v) is 4.97. The van der Waals surface area contributed by atoms with Crippen LogP contribution in [0.3, 0.4) is 0 Å². The van der Waals surface area contributed by atoms with Gasteiger partial charge in [-0.2, -0.15) is 0 Å². The van der Waals surface area contributed by atoms with Gasteiger partial charge in [-0.05, 0) is 43.7 Å². The van der Waals surface area contributed by atoms with E-state index < -0.39 is 29.4 Å². The molecule has 1 aromatic carbocycles. The topological polar surface area (TPSA) is 110 Å². The molecular formula is C20H25NO6. The van der Waals surface area contributed by atoms with Crippen molar-refractivity contribution in [1.82, 2.24) is 0 Å². The number of ketones is 3. The Labute approximate surface area is 158 Å². The highest BCUT2D eigenvalue weighted by Crippen LogP contribution is 2.30. The number of esters is 1. The Hall–Kier alpha value is -2.70. The molecule has 7 nitrogen and oxygen atoms in total. The number of benzene rings is 1. The van der Waals surface area contributed by atoms with Crippen molar-refractivity contribution < 1.29 is 29.0 Å². The summed E-state index contributed by atoms with van der Waals surface area (Å²) in [6.45, 7) is 3.50. The number of hydrogen-bond donors (Lipinski definition) is 2. The van der Waals surface area contributed by atoms with Crippen LogP contribution in [0.2, 0.25) is 0 Å². The minimum Gasteiger partial charge on any atom is -0.507 e. The van der Waals surface area contributed by atoms with Gasteiger partial charge in [0.25, 0.3) is 5.78 Å². The summed E-state index contributed by atoms with van der Waals surface area (Å²) in [6.07, 6.45) is 0.220. The van der Waals surface area contributed by atoms with Crippen LogP contribution < -0.4 is 5.32 Å². The molecule has 0 fully saturated rings. The van der Waals surface area contributed by atoms with Gasteiger partial charge in [-0.15, -0.1) is 0 Å². The summed E-state index contributed by atoms with van der Waals surface area (Å²) in [5.41, 5.74) is 1.20. The largest absolute Gasteiger partial charge is 0.507 e. The lowest BCUT2D eigenvalue weighted by molar-refractivity contribution is -0.144. The third kappa shape index (κ3) is 4.93. The SMILES string of the molecule is CNc1cc(O)c2c(c1)CCCC(=O)C(=O)C(=O)CC[C@@H](C)[C@H](C)OC2=O. The Morgan fingerprint density at radius 1 is 1.04 bits per heavy atom. The zero-order valence-electron chi connectivity index (χ0n) is 15.8. The summed E-state index contributed by atoms with van der Waals surface area (Å²) in [4.78, 5) is 48.5. The van der Waals surface area contributed by atoms with E-state index in [1.807, 2.05) is 0 Å². The molecule has 7 heteroatoms. The maximum atomic E-state index is 12.6. The fraction of sp³-hybridized carbons (Fsp3) is 0.500. The first-order valence-electron chi connectivity index (χ1n) is 9.09. The normalized spacial score (nSPS) is 22.6. The van der Waals surface area contributed by atoms with Gasteiger partial charge in [0, 0.05) is 31.6 Å². The smallest absolute Gasteiger partial charge is 0.342 e. The van der Waals surface area contributed by atoms with Gasteiger partial charge in [0.05, 0.1) is 0 Å². The van der Waals surface area contributed by atoms with Gasteiger partial charge in [-0.3, -0.25) is 14.4 Å². The zero-order valence-corrected chi connectivity index (χ0v) is 15.8. The number of anilines is 1. The van der Waals surface area contributed by atoms with E-state index in [9.17, 15) is 24.3 Å². The molecule has 0 radical (unpaired) electrons. The maximum absolute atomic E-state index is 12.6. The number of phenols is 1. The third-order valence-electron chi connectivity index (χ3n) is 4.97. The quantitative estimate of drug-likeness (QED) is 0.573. The number of carbonyl (C=O) groups excluding carboxylic acids is 4. The molecule has 1 aliphatic heterocycles. The van der Waals surface area contributed by atoms with E-state index in [4.69, 9.17) is 4.74 Å². The van der Waals surface area contributed by atoms with Crippen LogP contribution in [-0.4, -0.2) is 41.6 Å². The number of ether oxygens (including phenoxy) is 1. The van der Waals surface area contributed by atoms with Crippen molar-refractivity contribution >= 4 is 29.0 Å². The van der Waals surface area contributed by atoms with Crippen molar-refractivity contribution in [2.24, 2.45) is 5.92 Å². The van der Waals surface area contributed by atoms with Crippen LogP contribution in [0.15, 0.2) is 12.1 Å². The van der Waals surface area contributed by atoms with E-state index in [0.29, 0.717) is 17.7 Å². The van der Waals surface area contributed by atoms with Gasteiger partial charge in [0.1, 0.15) is 17.4 Å². The van der Waals surface area contributed by atoms with E-state index in [2.05, 4.69) is 5.32 Å². The highest BCUT2D eigenvalue weighted by atomic mass is 16.5. The van der Waals surface area contributed by atoms with Gasteiger partial charge in [0.2, 0.25) is 11.6 Å². The Kier molecular flexibility index (Phi) is 6.71. The Bertz CT molecular complexity index is 770. The Morgan fingerprint density at radius 2 is 1.70 bits per heavy atom. The molecular weight excluding hydrogens is 350 g/mol. The highest BCUT2D eigenvalue weighted by Gasteiger charge is 2.27. The zero-order chi connectivity index (χ0) is 20.1.